The molecule has 25 heavy (non-hydrogen) atoms. The summed E-state index contributed by atoms with van der Waals surface area (Å²) in [5.74, 6) is -0.324. The van der Waals surface area contributed by atoms with Crippen LogP contribution >= 0.6 is 11.6 Å². The number of amides is 2. The summed E-state index contributed by atoms with van der Waals surface area (Å²) in [6.45, 7) is 0. The second-order valence-corrected chi connectivity index (χ2v) is 5.90. The van der Waals surface area contributed by atoms with Crippen LogP contribution in [0.5, 0.6) is 0 Å². The van der Waals surface area contributed by atoms with Gasteiger partial charge in [0.25, 0.3) is 5.91 Å². The number of benzene rings is 2. The molecule has 2 N–H and O–H groups in total. The van der Waals surface area contributed by atoms with E-state index in [2.05, 4.69) is 15.6 Å². The molecule has 6 heteroatoms. The van der Waals surface area contributed by atoms with Gasteiger partial charge in [0, 0.05) is 24.3 Å². The van der Waals surface area contributed by atoms with Gasteiger partial charge >= 0.3 is 0 Å². The number of rotatable bonds is 4. The maximum absolute atomic E-state index is 12.6. The Kier molecular flexibility index (Phi) is 4.95. The lowest BCUT2D eigenvalue weighted by atomic mass is 10.1. The standard InChI is InChI=1S/C19H16ClN3O2/c1-21-17(24)11-12-4-6-13(7-5-12)23-19(25)15-8-9-16(20)14-3-2-10-22-18(14)15/h2-10H,11H2,1H3,(H,21,24)(H,23,25). The number of nitrogens with zero attached hydrogens (tertiary/aromatic N) is 1. The van der Waals surface area contributed by atoms with E-state index in [1.165, 1.54) is 0 Å². The first kappa shape index (κ1) is 16.9. The van der Waals surface area contributed by atoms with Crippen LogP contribution in [0.3, 0.4) is 0 Å². The van der Waals surface area contributed by atoms with Crippen molar-refractivity contribution in [3.63, 3.8) is 0 Å². The van der Waals surface area contributed by atoms with E-state index < -0.39 is 0 Å². The second-order valence-electron chi connectivity index (χ2n) is 5.50. The Morgan fingerprint density at radius 3 is 2.56 bits per heavy atom. The van der Waals surface area contributed by atoms with E-state index in [0.29, 0.717) is 28.2 Å². The molecular weight excluding hydrogens is 338 g/mol. The van der Waals surface area contributed by atoms with Crippen molar-refractivity contribution in [2.45, 2.75) is 6.42 Å². The first-order valence-corrected chi connectivity index (χ1v) is 8.10. The molecule has 0 atom stereocenters. The van der Waals surface area contributed by atoms with Gasteiger partial charge in [-0.05, 0) is 42.0 Å². The number of hydrogen-bond acceptors (Lipinski definition) is 3. The van der Waals surface area contributed by atoms with Crippen LogP contribution in [0.15, 0.2) is 54.7 Å². The zero-order chi connectivity index (χ0) is 17.8. The van der Waals surface area contributed by atoms with Gasteiger partial charge in [-0.3, -0.25) is 14.6 Å². The molecule has 3 rings (SSSR count). The van der Waals surface area contributed by atoms with Gasteiger partial charge < -0.3 is 10.6 Å². The Morgan fingerprint density at radius 1 is 1.08 bits per heavy atom. The first-order valence-electron chi connectivity index (χ1n) is 7.72. The molecule has 0 aliphatic rings. The third-order valence-corrected chi connectivity index (χ3v) is 4.15. The molecule has 0 unspecified atom stereocenters. The number of fused-ring (bicyclic) bond motifs is 1. The molecule has 1 aromatic heterocycles. The van der Waals surface area contributed by atoms with Crippen molar-refractivity contribution < 1.29 is 9.59 Å². The Morgan fingerprint density at radius 2 is 1.84 bits per heavy atom. The van der Waals surface area contributed by atoms with Crippen LogP contribution in [-0.4, -0.2) is 23.8 Å². The van der Waals surface area contributed by atoms with Gasteiger partial charge in [-0.15, -0.1) is 0 Å². The fourth-order valence-corrected chi connectivity index (χ4v) is 2.71. The summed E-state index contributed by atoms with van der Waals surface area (Å²) < 4.78 is 0. The average Bonchev–Trinajstić information content (AvgIpc) is 2.63. The molecule has 5 nitrogen and oxygen atoms in total. The Hall–Kier alpha value is -2.92. The van der Waals surface area contributed by atoms with Crippen LogP contribution < -0.4 is 10.6 Å². The van der Waals surface area contributed by atoms with Gasteiger partial charge in [-0.25, -0.2) is 0 Å². The van der Waals surface area contributed by atoms with Crippen LogP contribution in [0.1, 0.15) is 15.9 Å². The molecule has 2 amide bonds. The number of aromatic nitrogens is 1. The summed E-state index contributed by atoms with van der Waals surface area (Å²) in [6, 6.07) is 14.1. The lowest BCUT2D eigenvalue weighted by molar-refractivity contribution is -0.119. The summed E-state index contributed by atoms with van der Waals surface area (Å²) in [7, 11) is 1.60. The summed E-state index contributed by atoms with van der Waals surface area (Å²) >= 11 is 6.16. The summed E-state index contributed by atoms with van der Waals surface area (Å²) in [4.78, 5) is 28.2. The minimum Gasteiger partial charge on any atom is -0.359 e. The molecule has 0 saturated carbocycles. The Labute approximate surface area is 150 Å². The minimum atomic E-state index is -0.264. The highest BCUT2D eigenvalue weighted by atomic mass is 35.5. The van der Waals surface area contributed by atoms with E-state index in [1.807, 2.05) is 18.2 Å². The second kappa shape index (κ2) is 7.32. The highest BCUT2D eigenvalue weighted by molar-refractivity contribution is 6.36. The van der Waals surface area contributed by atoms with Crippen molar-refractivity contribution in [2.75, 3.05) is 12.4 Å². The Balaban J connectivity index is 1.81. The van der Waals surface area contributed by atoms with Crippen molar-refractivity contribution in [2.24, 2.45) is 0 Å². The number of carbonyl (C=O) groups excluding carboxylic acids is 2. The summed E-state index contributed by atoms with van der Waals surface area (Å²) in [5.41, 5.74) is 2.53. The number of halogens is 1. The molecule has 2 aromatic carbocycles. The zero-order valence-electron chi connectivity index (χ0n) is 13.5. The quantitative estimate of drug-likeness (QED) is 0.754. The van der Waals surface area contributed by atoms with E-state index >= 15 is 0 Å². The SMILES string of the molecule is CNC(=O)Cc1ccc(NC(=O)c2ccc(Cl)c3cccnc23)cc1. The van der Waals surface area contributed by atoms with Gasteiger partial charge in [0.2, 0.25) is 5.91 Å². The first-order chi connectivity index (χ1) is 12.1. The van der Waals surface area contributed by atoms with Crippen molar-refractivity contribution >= 4 is 40.0 Å². The number of likely N-dealkylation sites (N-methyl/N-ethyl adjacent to an activating group) is 1. The molecule has 0 radical (unpaired) electrons. The van der Waals surface area contributed by atoms with Gasteiger partial charge in [0.05, 0.1) is 22.5 Å². The predicted octanol–water partition coefficient (Wildman–Crippen LogP) is 3.43. The molecule has 126 valence electrons. The van der Waals surface area contributed by atoms with E-state index in [-0.39, 0.29) is 11.8 Å². The Bertz CT molecular complexity index is 939. The zero-order valence-corrected chi connectivity index (χ0v) is 14.3. The van der Waals surface area contributed by atoms with Crippen LogP contribution in [0.25, 0.3) is 10.9 Å². The maximum atomic E-state index is 12.6. The van der Waals surface area contributed by atoms with Crippen molar-refractivity contribution in [3.05, 3.63) is 70.9 Å². The lowest BCUT2D eigenvalue weighted by Crippen LogP contribution is -2.19. The molecule has 1 heterocycles. The predicted molar refractivity (Wildman–Crippen MR) is 98.9 cm³/mol. The fraction of sp³-hybridized carbons (Fsp3) is 0.105. The van der Waals surface area contributed by atoms with Gasteiger partial charge in [0.1, 0.15) is 0 Å². The summed E-state index contributed by atoms with van der Waals surface area (Å²) in [5, 5.41) is 6.71. The largest absolute Gasteiger partial charge is 0.359 e. The van der Waals surface area contributed by atoms with E-state index in [4.69, 9.17) is 11.6 Å². The lowest BCUT2D eigenvalue weighted by Gasteiger charge is -2.09. The number of anilines is 1. The van der Waals surface area contributed by atoms with E-state index in [9.17, 15) is 9.59 Å². The third-order valence-electron chi connectivity index (χ3n) is 3.82. The molecule has 0 fully saturated rings. The monoisotopic (exact) mass is 353 g/mol. The molecule has 0 bridgehead atoms. The van der Waals surface area contributed by atoms with Crippen molar-refractivity contribution in [1.82, 2.24) is 10.3 Å². The molecule has 0 aliphatic carbocycles. The normalized spacial score (nSPS) is 10.5. The van der Waals surface area contributed by atoms with Crippen molar-refractivity contribution in [1.29, 1.82) is 0 Å². The third kappa shape index (κ3) is 3.78. The summed E-state index contributed by atoms with van der Waals surface area (Å²) in [6.07, 6.45) is 1.93. The van der Waals surface area contributed by atoms with Crippen LogP contribution in [0.2, 0.25) is 5.02 Å². The maximum Gasteiger partial charge on any atom is 0.257 e. The van der Waals surface area contributed by atoms with Gasteiger partial charge in [-0.2, -0.15) is 0 Å². The van der Waals surface area contributed by atoms with E-state index in [1.54, 1.807) is 43.6 Å². The molecule has 0 spiro atoms. The van der Waals surface area contributed by atoms with Gasteiger partial charge in [-0.1, -0.05) is 23.7 Å². The highest BCUT2D eigenvalue weighted by Gasteiger charge is 2.13. The van der Waals surface area contributed by atoms with Gasteiger partial charge in [0.15, 0.2) is 0 Å². The average molecular weight is 354 g/mol. The number of pyridine rings is 1. The molecule has 3 aromatic rings. The number of nitrogens with one attached hydrogen (secondary N) is 2. The smallest absolute Gasteiger partial charge is 0.257 e. The van der Waals surface area contributed by atoms with E-state index in [0.717, 1.165) is 10.9 Å². The fourth-order valence-electron chi connectivity index (χ4n) is 2.50. The van der Waals surface area contributed by atoms with Crippen LogP contribution in [0.4, 0.5) is 5.69 Å². The topological polar surface area (TPSA) is 71.1 Å². The molecular formula is C19H16ClN3O2. The highest BCUT2D eigenvalue weighted by Crippen LogP contribution is 2.25. The van der Waals surface area contributed by atoms with Crippen LogP contribution in [0, 0.1) is 0 Å². The number of hydrogen-bond donors (Lipinski definition) is 2. The molecule has 0 aliphatic heterocycles. The minimum absolute atomic E-state index is 0.0597. The van der Waals surface area contributed by atoms with Crippen LogP contribution in [-0.2, 0) is 11.2 Å². The number of carbonyl (C=O) groups is 2. The molecule has 0 saturated heterocycles. The van der Waals surface area contributed by atoms with Crippen molar-refractivity contribution in [3.8, 4) is 0 Å².